The summed E-state index contributed by atoms with van der Waals surface area (Å²) >= 11 is 0. The number of alkyl halides is 1. The minimum Gasteiger partial charge on any atom is -0.497 e. The SMILES string of the molecule is COc1cc(OC)cc([C@H](N)CF)c1. The number of ether oxygens (including phenoxy) is 2. The van der Waals surface area contributed by atoms with Crippen LogP contribution in [0.3, 0.4) is 0 Å². The van der Waals surface area contributed by atoms with E-state index in [1.165, 1.54) is 0 Å². The van der Waals surface area contributed by atoms with E-state index >= 15 is 0 Å². The van der Waals surface area contributed by atoms with E-state index in [4.69, 9.17) is 15.2 Å². The molecule has 1 aromatic carbocycles. The Kier molecular flexibility index (Phi) is 3.71. The number of halogens is 1. The smallest absolute Gasteiger partial charge is 0.122 e. The third kappa shape index (κ3) is 2.35. The average Bonchev–Trinajstić information content (AvgIpc) is 2.27. The van der Waals surface area contributed by atoms with Crippen molar-refractivity contribution < 1.29 is 13.9 Å². The largest absolute Gasteiger partial charge is 0.497 e. The highest BCUT2D eigenvalue weighted by molar-refractivity contribution is 5.39. The lowest BCUT2D eigenvalue weighted by molar-refractivity contribution is 0.389. The molecule has 0 aliphatic carbocycles. The summed E-state index contributed by atoms with van der Waals surface area (Å²) in [5.41, 5.74) is 6.23. The van der Waals surface area contributed by atoms with Crippen LogP contribution in [0.25, 0.3) is 0 Å². The van der Waals surface area contributed by atoms with Gasteiger partial charge in [-0.25, -0.2) is 4.39 Å². The van der Waals surface area contributed by atoms with Crippen LogP contribution in [0.1, 0.15) is 11.6 Å². The van der Waals surface area contributed by atoms with Crippen LogP contribution >= 0.6 is 0 Å². The maximum Gasteiger partial charge on any atom is 0.122 e. The van der Waals surface area contributed by atoms with E-state index in [2.05, 4.69) is 0 Å². The van der Waals surface area contributed by atoms with Gasteiger partial charge < -0.3 is 15.2 Å². The van der Waals surface area contributed by atoms with Crippen LogP contribution in [-0.2, 0) is 0 Å². The van der Waals surface area contributed by atoms with Crippen LogP contribution in [-0.4, -0.2) is 20.9 Å². The summed E-state index contributed by atoms with van der Waals surface area (Å²) in [6, 6.07) is 4.49. The normalized spacial score (nSPS) is 12.3. The lowest BCUT2D eigenvalue weighted by Gasteiger charge is -2.11. The number of hydrogen-bond donors (Lipinski definition) is 1. The van der Waals surface area contributed by atoms with Crippen molar-refractivity contribution in [2.45, 2.75) is 6.04 Å². The first-order valence-electron chi connectivity index (χ1n) is 4.25. The Morgan fingerprint density at radius 2 is 1.71 bits per heavy atom. The Hall–Kier alpha value is -1.29. The van der Waals surface area contributed by atoms with Crippen molar-refractivity contribution in [3.8, 4) is 11.5 Å². The van der Waals surface area contributed by atoms with Gasteiger partial charge in [0, 0.05) is 6.07 Å². The predicted molar refractivity (Wildman–Crippen MR) is 52.4 cm³/mol. The van der Waals surface area contributed by atoms with Crippen molar-refractivity contribution in [1.29, 1.82) is 0 Å². The Balaban J connectivity index is 3.04. The summed E-state index contributed by atoms with van der Waals surface area (Å²) in [5.74, 6) is 1.23. The topological polar surface area (TPSA) is 44.5 Å². The van der Waals surface area contributed by atoms with E-state index < -0.39 is 12.7 Å². The summed E-state index contributed by atoms with van der Waals surface area (Å²) in [5, 5.41) is 0. The predicted octanol–water partition coefficient (Wildman–Crippen LogP) is 1.67. The van der Waals surface area contributed by atoms with Gasteiger partial charge in [-0.05, 0) is 17.7 Å². The third-order valence-electron chi connectivity index (χ3n) is 1.97. The van der Waals surface area contributed by atoms with Gasteiger partial charge in [0.2, 0.25) is 0 Å². The molecule has 0 aliphatic rings. The van der Waals surface area contributed by atoms with Gasteiger partial charge in [-0.15, -0.1) is 0 Å². The molecule has 78 valence electrons. The van der Waals surface area contributed by atoms with E-state index in [1.807, 2.05) is 0 Å². The Bertz CT molecular complexity index is 282. The molecule has 4 heteroatoms. The molecule has 1 rings (SSSR count). The molecule has 3 nitrogen and oxygen atoms in total. The van der Waals surface area contributed by atoms with Gasteiger partial charge in [0.15, 0.2) is 0 Å². The summed E-state index contributed by atoms with van der Waals surface area (Å²) in [4.78, 5) is 0. The van der Waals surface area contributed by atoms with E-state index in [0.29, 0.717) is 17.1 Å². The molecule has 0 radical (unpaired) electrons. The van der Waals surface area contributed by atoms with Gasteiger partial charge in [-0.1, -0.05) is 0 Å². The van der Waals surface area contributed by atoms with Gasteiger partial charge >= 0.3 is 0 Å². The molecule has 1 aromatic rings. The van der Waals surface area contributed by atoms with Crippen LogP contribution in [0, 0.1) is 0 Å². The van der Waals surface area contributed by atoms with E-state index in [1.54, 1.807) is 32.4 Å². The second kappa shape index (κ2) is 4.81. The highest BCUT2D eigenvalue weighted by atomic mass is 19.1. The summed E-state index contributed by atoms with van der Waals surface area (Å²) < 4.78 is 22.4. The monoisotopic (exact) mass is 199 g/mol. The Morgan fingerprint density at radius 1 is 1.21 bits per heavy atom. The molecule has 0 saturated carbocycles. The van der Waals surface area contributed by atoms with Crippen molar-refractivity contribution in [3.63, 3.8) is 0 Å². The molecule has 0 aromatic heterocycles. The van der Waals surface area contributed by atoms with Crippen LogP contribution in [0.15, 0.2) is 18.2 Å². The van der Waals surface area contributed by atoms with Crippen LogP contribution in [0.5, 0.6) is 11.5 Å². The third-order valence-corrected chi connectivity index (χ3v) is 1.97. The van der Waals surface area contributed by atoms with Crippen molar-refractivity contribution in [2.24, 2.45) is 5.73 Å². The Labute approximate surface area is 82.6 Å². The van der Waals surface area contributed by atoms with Crippen LogP contribution in [0.4, 0.5) is 4.39 Å². The highest BCUT2D eigenvalue weighted by Crippen LogP contribution is 2.25. The lowest BCUT2D eigenvalue weighted by Crippen LogP contribution is -2.12. The van der Waals surface area contributed by atoms with Gasteiger partial charge in [0.1, 0.15) is 18.2 Å². The molecule has 0 spiro atoms. The van der Waals surface area contributed by atoms with E-state index in [0.717, 1.165) is 0 Å². The first kappa shape index (κ1) is 10.8. The number of hydrogen-bond acceptors (Lipinski definition) is 3. The molecule has 0 fully saturated rings. The zero-order valence-electron chi connectivity index (χ0n) is 8.29. The average molecular weight is 199 g/mol. The van der Waals surface area contributed by atoms with Crippen molar-refractivity contribution in [2.75, 3.05) is 20.9 Å². The van der Waals surface area contributed by atoms with Crippen molar-refractivity contribution in [1.82, 2.24) is 0 Å². The van der Waals surface area contributed by atoms with E-state index in [-0.39, 0.29) is 0 Å². The first-order valence-corrected chi connectivity index (χ1v) is 4.25. The van der Waals surface area contributed by atoms with Gasteiger partial charge in [-0.3, -0.25) is 0 Å². The van der Waals surface area contributed by atoms with Crippen LogP contribution < -0.4 is 15.2 Å². The zero-order chi connectivity index (χ0) is 10.6. The maximum absolute atomic E-state index is 12.3. The molecule has 14 heavy (non-hydrogen) atoms. The fourth-order valence-electron chi connectivity index (χ4n) is 1.13. The molecule has 2 N–H and O–H groups in total. The summed E-state index contributed by atoms with van der Waals surface area (Å²) in [7, 11) is 3.08. The molecule has 1 atom stereocenters. The fraction of sp³-hybridized carbons (Fsp3) is 0.400. The van der Waals surface area contributed by atoms with E-state index in [9.17, 15) is 4.39 Å². The van der Waals surface area contributed by atoms with Crippen molar-refractivity contribution in [3.05, 3.63) is 23.8 Å². The standard InChI is InChI=1S/C10H14FNO2/c1-13-8-3-7(10(12)6-11)4-9(5-8)14-2/h3-5,10H,6,12H2,1-2H3/t10-/m1/s1. The maximum atomic E-state index is 12.3. The molecule has 0 aliphatic heterocycles. The van der Waals surface area contributed by atoms with Gasteiger partial charge in [-0.2, -0.15) is 0 Å². The van der Waals surface area contributed by atoms with Crippen LogP contribution in [0.2, 0.25) is 0 Å². The molecule has 0 heterocycles. The van der Waals surface area contributed by atoms with Gasteiger partial charge in [0.05, 0.1) is 20.3 Å². The number of methoxy groups -OCH3 is 2. The number of nitrogens with two attached hydrogens (primary N) is 1. The molecule has 0 saturated heterocycles. The molecular weight excluding hydrogens is 185 g/mol. The fourth-order valence-corrected chi connectivity index (χ4v) is 1.13. The quantitative estimate of drug-likeness (QED) is 0.802. The summed E-state index contributed by atoms with van der Waals surface area (Å²) in [6.45, 7) is -0.601. The molecular formula is C10H14FNO2. The van der Waals surface area contributed by atoms with Crippen molar-refractivity contribution >= 4 is 0 Å². The van der Waals surface area contributed by atoms with Gasteiger partial charge in [0.25, 0.3) is 0 Å². The molecule has 0 amide bonds. The second-order valence-corrected chi connectivity index (χ2v) is 2.91. The minimum atomic E-state index is -0.626. The Morgan fingerprint density at radius 3 is 2.07 bits per heavy atom. The minimum absolute atomic E-state index is 0.601. The summed E-state index contributed by atoms with van der Waals surface area (Å²) in [6.07, 6.45) is 0. The first-order chi connectivity index (χ1) is 6.71. The second-order valence-electron chi connectivity index (χ2n) is 2.91. The lowest BCUT2D eigenvalue weighted by atomic mass is 10.1. The zero-order valence-corrected chi connectivity index (χ0v) is 8.29. The molecule has 0 unspecified atom stereocenters. The molecule has 0 bridgehead atoms. The highest BCUT2D eigenvalue weighted by Gasteiger charge is 2.08. The number of benzene rings is 1. The number of rotatable bonds is 4.